The van der Waals surface area contributed by atoms with Gasteiger partial charge in [-0.25, -0.2) is 0 Å². The van der Waals surface area contributed by atoms with Gasteiger partial charge in [-0.3, -0.25) is 0 Å². The summed E-state index contributed by atoms with van der Waals surface area (Å²) in [6, 6.07) is 3.98. The van der Waals surface area contributed by atoms with E-state index in [0.29, 0.717) is 0 Å². The molecule has 0 amide bonds. The Morgan fingerprint density at radius 3 is 2.71 bits per heavy atom. The number of aliphatic hydroxyl groups excluding tert-OH is 1. The lowest BCUT2D eigenvalue weighted by atomic mass is 10.0. The fourth-order valence-electron chi connectivity index (χ4n) is 1.42. The minimum absolute atomic E-state index is 0.225. The van der Waals surface area contributed by atoms with Gasteiger partial charge in [-0.05, 0) is 52.9 Å². The van der Waals surface area contributed by atoms with Crippen LogP contribution in [0.5, 0.6) is 5.75 Å². The maximum atomic E-state index is 8.79. The molecule has 0 spiro atoms. The van der Waals surface area contributed by atoms with Crippen LogP contribution in [0.3, 0.4) is 0 Å². The third-order valence-corrected chi connectivity index (χ3v) is 3.12. The smallest absolute Gasteiger partial charge is 0.133 e. The number of methoxy groups -OCH3 is 1. The van der Waals surface area contributed by atoms with E-state index in [2.05, 4.69) is 22.9 Å². The van der Waals surface area contributed by atoms with Crippen LogP contribution in [-0.4, -0.2) is 18.8 Å². The molecule has 0 aromatic heterocycles. The summed E-state index contributed by atoms with van der Waals surface area (Å²) >= 11 is 3.52. The van der Waals surface area contributed by atoms with Gasteiger partial charge >= 0.3 is 0 Å². The standard InChI is InChI=1S/C11H15BrO2/c1-8-5-6-10(14-2)11(12)9(8)4-3-7-13/h5-6,13H,3-4,7H2,1-2H3. The Labute approximate surface area is 93.0 Å². The number of rotatable bonds is 4. The van der Waals surface area contributed by atoms with Crippen molar-refractivity contribution < 1.29 is 9.84 Å². The average Bonchev–Trinajstić information content (AvgIpc) is 2.18. The predicted octanol–water partition coefficient (Wildman–Crippen LogP) is 2.69. The van der Waals surface area contributed by atoms with E-state index in [0.717, 1.165) is 23.1 Å². The summed E-state index contributed by atoms with van der Waals surface area (Å²) < 4.78 is 6.22. The van der Waals surface area contributed by atoms with E-state index in [9.17, 15) is 0 Å². The highest BCUT2D eigenvalue weighted by atomic mass is 79.9. The molecule has 0 aliphatic heterocycles. The summed E-state index contributed by atoms with van der Waals surface area (Å²) in [7, 11) is 1.66. The molecule has 1 aromatic rings. The first-order valence-electron chi connectivity index (χ1n) is 4.63. The molecule has 1 aromatic carbocycles. The summed E-state index contributed by atoms with van der Waals surface area (Å²) in [5.74, 6) is 0.850. The molecular weight excluding hydrogens is 244 g/mol. The number of hydrogen-bond donors (Lipinski definition) is 1. The Morgan fingerprint density at radius 2 is 2.14 bits per heavy atom. The Hall–Kier alpha value is -0.540. The van der Waals surface area contributed by atoms with Crippen LogP contribution in [0.25, 0.3) is 0 Å². The van der Waals surface area contributed by atoms with Crippen molar-refractivity contribution in [2.45, 2.75) is 19.8 Å². The van der Waals surface area contributed by atoms with Crippen LogP contribution in [-0.2, 0) is 6.42 Å². The first kappa shape index (κ1) is 11.5. The van der Waals surface area contributed by atoms with E-state index in [4.69, 9.17) is 9.84 Å². The molecule has 0 radical (unpaired) electrons. The molecule has 2 nitrogen and oxygen atoms in total. The molecule has 3 heteroatoms. The molecule has 1 N–H and O–H groups in total. The molecule has 0 saturated carbocycles. The monoisotopic (exact) mass is 258 g/mol. The highest BCUT2D eigenvalue weighted by Gasteiger charge is 2.08. The minimum atomic E-state index is 0.225. The van der Waals surface area contributed by atoms with Crippen LogP contribution in [0.4, 0.5) is 0 Å². The van der Waals surface area contributed by atoms with Crippen LogP contribution >= 0.6 is 15.9 Å². The van der Waals surface area contributed by atoms with E-state index in [1.807, 2.05) is 12.1 Å². The van der Waals surface area contributed by atoms with Gasteiger partial charge in [-0.15, -0.1) is 0 Å². The summed E-state index contributed by atoms with van der Waals surface area (Å²) in [5.41, 5.74) is 2.45. The lowest BCUT2D eigenvalue weighted by molar-refractivity contribution is 0.288. The first-order chi connectivity index (χ1) is 6.70. The van der Waals surface area contributed by atoms with Gasteiger partial charge in [0.05, 0.1) is 11.6 Å². The van der Waals surface area contributed by atoms with Crippen molar-refractivity contribution in [2.75, 3.05) is 13.7 Å². The van der Waals surface area contributed by atoms with Crippen molar-refractivity contribution in [3.8, 4) is 5.75 Å². The Bertz CT molecular complexity index is 310. The second kappa shape index (κ2) is 5.37. The Morgan fingerprint density at radius 1 is 1.43 bits per heavy atom. The van der Waals surface area contributed by atoms with Crippen LogP contribution in [0.1, 0.15) is 17.5 Å². The first-order valence-corrected chi connectivity index (χ1v) is 5.42. The highest BCUT2D eigenvalue weighted by Crippen LogP contribution is 2.31. The lowest BCUT2D eigenvalue weighted by Crippen LogP contribution is -1.96. The van der Waals surface area contributed by atoms with E-state index in [1.165, 1.54) is 11.1 Å². The summed E-state index contributed by atoms with van der Waals surface area (Å²) in [5, 5.41) is 8.79. The van der Waals surface area contributed by atoms with Crippen molar-refractivity contribution in [2.24, 2.45) is 0 Å². The number of hydrogen-bond acceptors (Lipinski definition) is 2. The van der Waals surface area contributed by atoms with Crippen molar-refractivity contribution in [1.82, 2.24) is 0 Å². The number of aliphatic hydroxyl groups is 1. The van der Waals surface area contributed by atoms with E-state index < -0.39 is 0 Å². The fraction of sp³-hybridized carbons (Fsp3) is 0.455. The lowest BCUT2D eigenvalue weighted by Gasteiger charge is -2.11. The van der Waals surface area contributed by atoms with Crippen molar-refractivity contribution in [3.63, 3.8) is 0 Å². The number of benzene rings is 1. The SMILES string of the molecule is COc1ccc(C)c(CCCO)c1Br. The fourth-order valence-corrected chi connectivity index (χ4v) is 2.22. The summed E-state index contributed by atoms with van der Waals surface area (Å²) in [6.45, 7) is 2.29. The van der Waals surface area contributed by atoms with E-state index >= 15 is 0 Å². The normalized spacial score (nSPS) is 10.3. The van der Waals surface area contributed by atoms with Crippen LogP contribution in [0, 0.1) is 6.92 Å². The zero-order chi connectivity index (χ0) is 10.6. The molecule has 14 heavy (non-hydrogen) atoms. The van der Waals surface area contributed by atoms with Crippen molar-refractivity contribution in [3.05, 3.63) is 27.7 Å². The quantitative estimate of drug-likeness (QED) is 0.900. The second-order valence-electron chi connectivity index (χ2n) is 3.20. The van der Waals surface area contributed by atoms with Crippen LogP contribution in [0.2, 0.25) is 0 Å². The van der Waals surface area contributed by atoms with Gasteiger partial charge in [0.2, 0.25) is 0 Å². The molecule has 1 rings (SSSR count). The van der Waals surface area contributed by atoms with Crippen molar-refractivity contribution >= 4 is 15.9 Å². The largest absolute Gasteiger partial charge is 0.496 e. The number of ether oxygens (including phenoxy) is 1. The second-order valence-corrected chi connectivity index (χ2v) is 4.00. The number of halogens is 1. The molecule has 0 fully saturated rings. The van der Waals surface area contributed by atoms with Gasteiger partial charge in [0, 0.05) is 6.61 Å². The Balaban J connectivity index is 2.99. The van der Waals surface area contributed by atoms with Gasteiger partial charge in [0.1, 0.15) is 5.75 Å². The van der Waals surface area contributed by atoms with Gasteiger partial charge in [-0.1, -0.05) is 6.07 Å². The van der Waals surface area contributed by atoms with Gasteiger partial charge in [0.15, 0.2) is 0 Å². The molecule has 0 saturated heterocycles. The van der Waals surface area contributed by atoms with Crippen LogP contribution in [0.15, 0.2) is 16.6 Å². The van der Waals surface area contributed by atoms with Crippen molar-refractivity contribution in [1.29, 1.82) is 0 Å². The highest BCUT2D eigenvalue weighted by molar-refractivity contribution is 9.10. The van der Waals surface area contributed by atoms with E-state index in [1.54, 1.807) is 7.11 Å². The summed E-state index contributed by atoms with van der Waals surface area (Å²) in [6.07, 6.45) is 1.66. The molecule has 0 heterocycles. The zero-order valence-corrected chi connectivity index (χ0v) is 10.1. The molecule has 0 bridgehead atoms. The third-order valence-electron chi connectivity index (χ3n) is 2.25. The molecule has 0 atom stereocenters. The zero-order valence-electron chi connectivity index (χ0n) is 8.51. The maximum absolute atomic E-state index is 8.79. The Kier molecular flexibility index (Phi) is 4.42. The van der Waals surface area contributed by atoms with Gasteiger partial charge in [0.25, 0.3) is 0 Å². The molecular formula is C11H15BrO2. The molecule has 0 unspecified atom stereocenters. The third kappa shape index (κ3) is 2.49. The van der Waals surface area contributed by atoms with Crippen LogP contribution < -0.4 is 4.74 Å². The van der Waals surface area contributed by atoms with Gasteiger partial charge in [-0.2, -0.15) is 0 Å². The molecule has 0 aliphatic rings. The average molecular weight is 259 g/mol. The molecule has 78 valence electrons. The van der Waals surface area contributed by atoms with E-state index in [-0.39, 0.29) is 6.61 Å². The maximum Gasteiger partial charge on any atom is 0.133 e. The summed E-state index contributed by atoms with van der Waals surface area (Å²) in [4.78, 5) is 0. The molecule has 0 aliphatic carbocycles. The minimum Gasteiger partial charge on any atom is -0.496 e. The number of aryl methyl sites for hydroxylation is 1. The van der Waals surface area contributed by atoms with Gasteiger partial charge < -0.3 is 9.84 Å². The predicted molar refractivity (Wildman–Crippen MR) is 60.8 cm³/mol. The topological polar surface area (TPSA) is 29.5 Å².